The van der Waals surface area contributed by atoms with Crippen molar-refractivity contribution in [2.45, 2.75) is 57.7 Å². The summed E-state index contributed by atoms with van der Waals surface area (Å²) in [6, 6.07) is 11.4. The SMILES string of the molecule is CN[C@@H](CCCN=C(N)N)C(=O)N[C@@H](CC(C)C)C(=O)N[C@@H](Cc1cccc2ccccc12)C(N)=O. The number of primary amides is 1. The van der Waals surface area contributed by atoms with Crippen LogP contribution in [0.4, 0.5) is 0 Å². The van der Waals surface area contributed by atoms with E-state index in [1.807, 2.05) is 56.3 Å². The molecule has 0 unspecified atom stereocenters. The van der Waals surface area contributed by atoms with Gasteiger partial charge in [0.25, 0.3) is 0 Å². The van der Waals surface area contributed by atoms with Gasteiger partial charge >= 0.3 is 0 Å². The van der Waals surface area contributed by atoms with E-state index in [1.165, 1.54) is 0 Å². The Bertz CT molecular complexity index is 1060. The summed E-state index contributed by atoms with van der Waals surface area (Å²) in [5, 5.41) is 10.6. The number of carbonyl (C=O) groups is 3. The summed E-state index contributed by atoms with van der Waals surface area (Å²) >= 11 is 0. The third-order valence-corrected chi connectivity index (χ3v) is 5.91. The zero-order valence-corrected chi connectivity index (χ0v) is 21.3. The maximum absolute atomic E-state index is 13.2. The van der Waals surface area contributed by atoms with Crippen LogP contribution in [0.5, 0.6) is 0 Å². The van der Waals surface area contributed by atoms with Crippen molar-refractivity contribution in [3.63, 3.8) is 0 Å². The molecule has 0 bridgehead atoms. The van der Waals surface area contributed by atoms with E-state index in [9.17, 15) is 14.4 Å². The van der Waals surface area contributed by atoms with E-state index in [1.54, 1.807) is 7.05 Å². The van der Waals surface area contributed by atoms with Crippen LogP contribution in [-0.4, -0.2) is 55.4 Å². The van der Waals surface area contributed by atoms with Crippen LogP contribution >= 0.6 is 0 Å². The number of nitrogens with one attached hydrogen (secondary N) is 3. The van der Waals surface area contributed by atoms with E-state index in [4.69, 9.17) is 17.2 Å². The van der Waals surface area contributed by atoms with Crippen LogP contribution in [0, 0.1) is 5.92 Å². The van der Waals surface area contributed by atoms with Crippen LogP contribution in [0.1, 0.15) is 38.7 Å². The molecule has 0 aliphatic carbocycles. The molecule has 0 spiro atoms. The lowest BCUT2D eigenvalue weighted by atomic mass is 9.97. The number of hydrogen-bond acceptors (Lipinski definition) is 5. The van der Waals surface area contributed by atoms with Gasteiger partial charge < -0.3 is 33.2 Å². The molecule has 0 heterocycles. The van der Waals surface area contributed by atoms with Gasteiger partial charge in [0.1, 0.15) is 12.1 Å². The number of likely N-dealkylation sites (N-methyl/N-ethyl adjacent to an activating group) is 1. The smallest absolute Gasteiger partial charge is 0.243 e. The molecule has 0 saturated heterocycles. The van der Waals surface area contributed by atoms with Gasteiger partial charge in [0.05, 0.1) is 6.04 Å². The van der Waals surface area contributed by atoms with E-state index in [2.05, 4.69) is 20.9 Å². The van der Waals surface area contributed by atoms with Crippen LogP contribution in [0.15, 0.2) is 47.5 Å². The molecule has 3 amide bonds. The minimum absolute atomic E-state index is 0.00151. The highest BCUT2D eigenvalue weighted by Crippen LogP contribution is 2.20. The monoisotopic (exact) mass is 497 g/mol. The Labute approximate surface area is 212 Å². The summed E-state index contributed by atoms with van der Waals surface area (Å²) in [4.78, 5) is 42.4. The van der Waals surface area contributed by atoms with Gasteiger partial charge in [-0.05, 0) is 48.6 Å². The first kappa shape index (κ1) is 28.6. The molecule has 10 heteroatoms. The first-order chi connectivity index (χ1) is 17.1. The van der Waals surface area contributed by atoms with Gasteiger partial charge in [0.15, 0.2) is 5.96 Å². The number of nitrogens with two attached hydrogens (primary N) is 3. The van der Waals surface area contributed by atoms with Crippen molar-refractivity contribution in [2.24, 2.45) is 28.1 Å². The van der Waals surface area contributed by atoms with E-state index in [-0.39, 0.29) is 24.2 Å². The normalized spacial score (nSPS) is 13.6. The number of amides is 3. The van der Waals surface area contributed by atoms with Crippen molar-refractivity contribution < 1.29 is 14.4 Å². The molecule has 0 aliphatic rings. The fourth-order valence-corrected chi connectivity index (χ4v) is 4.07. The number of benzene rings is 2. The molecule has 196 valence electrons. The Morgan fingerprint density at radius 3 is 2.17 bits per heavy atom. The molecule has 0 radical (unpaired) electrons. The molecule has 9 N–H and O–H groups in total. The van der Waals surface area contributed by atoms with Gasteiger partial charge in [0, 0.05) is 13.0 Å². The van der Waals surface area contributed by atoms with E-state index >= 15 is 0 Å². The fourth-order valence-electron chi connectivity index (χ4n) is 4.07. The molecule has 2 aromatic rings. The molecule has 3 atom stereocenters. The summed E-state index contributed by atoms with van der Waals surface area (Å²) in [6.45, 7) is 4.32. The first-order valence-corrected chi connectivity index (χ1v) is 12.2. The van der Waals surface area contributed by atoms with Crippen molar-refractivity contribution in [1.82, 2.24) is 16.0 Å². The Morgan fingerprint density at radius 1 is 0.889 bits per heavy atom. The minimum atomic E-state index is -0.922. The summed E-state index contributed by atoms with van der Waals surface area (Å²) < 4.78 is 0. The van der Waals surface area contributed by atoms with Gasteiger partial charge in [0.2, 0.25) is 17.7 Å². The van der Waals surface area contributed by atoms with Crippen molar-refractivity contribution in [2.75, 3.05) is 13.6 Å². The van der Waals surface area contributed by atoms with Crippen molar-refractivity contribution >= 4 is 34.5 Å². The lowest BCUT2D eigenvalue weighted by Gasteiger charge is -2.25. The first-order valence-electron chi connectivity index (χ1n) is 12.2. The highest BCUT2D eigenvalue weighted by atomic mass is 16.2. The topological polar surface area (TPSA) is 178 Å². The van der Waals surface area contributed by atoms with Crippen molar-refractivity contribution in [3.05, 3.63) is 48.0 Å². The van der Waals surface area contributed by atoms with E-state index < -0.39 is 29.9 Å². The van der Waals surface area contributed by atoms with Gasteiger partial charge in [-0.25, -0.2) is 0 Å². The second-order valence-electron chi connectivity index (χ2n) is 9.29. The number of nitrogens with zero attached hydrogens (tertiary/aromatic N) is 1. The zero-order chi connectivity index (χ0) is 26.7. The Balaban J connectivity index is 2.12. The minimum Gasteiger partial charge on any atom is -0.370 e. The molecule has 0 aliphatic heterocycles. The number of carbonyl (C=O) groups excluding carboxylic acids is 3. The molecule has 0 aromatic heterocycles. The van der Waals surface area contributed by atoms with Crippen molar-refractivity contribution in [1.29, 1.82) is 0 Å². The molecule has 0 fully saturated rings. The van der Waals surface area contributed by atoms with Gasteiger partial charge in [-0.2, -0.15) is 0 Å². The van der Waals surface area contributed by atoms with Crippen LogP contribution < -0.4 is 33.2 Å². The van der Waals surface area contributed by atoms with Crippen molar-refractivity contribution in [3.8, 4) is 0 Å². The maximum atomic E-state index is 13.2. The summed E-state index contributed by atoms with van der Waals surface area (Å²) in [5.41, 5.74) is 17.2. The number of hydrogen-bond donors (Lipinski definition) is 6. The van der Waals surface area contributed by atoms with Gasteiger partial charge in [-0.15, -0.1) is 0 Å². The summed E-state index contributed by atoms with van der Waals surface area (Å²) in [7, 11) is 1.68. The highest BCUT2D eigenvalue weighted by molar-refractivity contribution is 5.93. The molecule has 10 nitrogen and oxygen atoms in total. The fraction of sp³-hybridized carbons (Fsp3) is 0.462. The van der Waals surface area contributed by atoms with E-state index in [0.29, 0.717) is 25.8 Å². The van der Waals surface area contributed by atoms with E-state index in [0.717, 1.165) is 16.3 Å². The summed E-state index contributed by atoms with van der Waals surface area (Å²) in [6.07, 6.45) is 1.73. The van der Waals surface area contributed by atoms with Gasteiger partial charge in [-0.3, -0.25) is 19.4 Å². The number of aliphatic imine (C=N–C) groups is 1. The lowest BCUT2D eigenvalue weighted by molar-refractivity contribution is -0.132. The summed E-state index contributed by atoms with van der Waals surface area (Å²) in [5.74, 6) is -1.27. The maximum Gasteiger partial charge on any atom is 0.243 e. The average molecular weight is 498 g/mol. The van der Waals surface area contributed by atoms with Crippen LogP contribution in [0.25, 0.3) is 10.8 Å². The molecule has 36 heavy (non-hydrogen) atoms. The predicted molar refractivity (Wildman–Crippen MR) is 143 cm³/mol. The van der Waals surface area contributed by atoms with Crippen LogP contribution in [-0.2, 0) is 20.8 Å². The second-order valence-corrected chi connectivity index (χ2v) is 9.29. The number of guanidine groups is 1. The molecule has 0 saturated carbocycles. The Hall–Kier alpha value is -3.66. The van der Waals surface area contributed by atoms with Gasteiger partial charge in [-0.1, -0.05) is 56.3 Å². The number of fused-ring (bicyclic) bond motifs is 1. The molecular weight excluding hydrogens is 458 g/mol. The average Bonchev–Trinajstić information content (AvgIpc) is 2.82. The quantitative estimate of drug-likeness (QED) is 0.126. The molecule has 2 aromatic carbocycles. The lowest BCUT2D eigenvalue weighted by Crippen LogP contribution is -2.56. The molecular formula is C26H39N7O3. The second kappa shape index (κ2) is 14.0. The third kappa shape index (κ3) is 8.84. The Kier molecular flexibility index (Phi) is 11.1. The third-order valence-electron chi connectivity index (χ3n) is 5.91. The Morgan fingerprint density at radius 2 is 1.53 bits per heavy atom. The standard InChI is InChI=1S/C26H39N7O3/c1-16(2)14-22(33-24(35)20(30-3)12-7-13-31-26(28)29)25(36)32-21(23(27)34)15-18-10-6-9-17-8-4-5-11-19(17)18/h4-6,8-11,16,20-22,30H,7,12-15H2,1-3H3,(H2,27,34)(H,32,36)(H,33,35)(H4,28,29,31)/t20-,21-,22-/m0/s1. The highest BCUT2D eigenvalue weighted by Gasteiger charge is 2.28. The molecule has 2 rings (SSSR count). The largest absolute Gasteiger partial charge is 0.370 e. The zero-order valence-electron chi connectivity index (χ0n) is 21.3. The van der Waals surface area contributed by atoms with Crippen LogP contribution in [0.2, 0.25) is 0 Å². The number of rotatable bonds is 14. The van der Waals surface area contributed by atoms with Crippen LogP contribution in [0.3, 0.4) is 0 Å². The predicted octanol–water partition coefficient (Wildman–Crippen LogP) is 0.525.